The number of carbonyl (C=O) groups is 1. The molecule has 0 fully saturated rings. The van der Waals surface area contributed by atoms with Gasteiger partial charge in [0.15, 0.2) is 0 Å². The van der Waals surface area contributed by atoms with Crippen LogP contribution in [0.3, 0.4) is 0 Å². The molecule has 2 aromatic rings. The first-order valence-corrected chi connectivity index (χ1v) is 6.07. The summed E-state index contributed by atoms with van der Waals surface area (Å²) in [6, 6.07) is 8.04. The summed E-state index contributed by atoms with van der Waals surface area (Å²) < 4.78 is 17.8. The van der Waals surface area contributed by atoms with Crippen molar-refractivity contribution in [2.24, 2.45) is 0 Å². The van der Waals surface area contributed by atoms with Crippen LogP contribution in [0.4, 0.5) is 4.39 Å². The fourth-order valence-electron chi connectivity index (χ4n) is 1.73. The molecular weight excluding hydrogens is 247 g/mol. The first kappa shape index (κ1) is 13.3. The monoisotopic (exact) mass is 262 g/mol. The Morgan fingerprint density at radius 1 is 1.42 bits per heavy atom. The smallest absolute Gasteiger partial charge is 0.220 e. The third kappa shape index (κ3) is 4.21. The highest BCUT2D eigenvalue weighted by molar-refractivity contribution is 5.76. The second-order valence-electron chi connectivity index (χ2n) is 4.34. The lowest BCUT2D eigenvalue weighted by atomic mass is 10.1. The normalized spacial score (nSPS) is 10.4. The van der Waals surface area contributed by atoms with Crippen molar-refractivity contribution in [2.75, 3.05) is 0 Å². The van der Waals surface area contributed by atoms with Crippen LogP contribution in [0.25, 0.3) is 0 Å². The van der Waals surface area contributed by atoms with Crippen LogP contribution in [0.2, 0.25) is 0 Å². The van der Waals surface area contributed by atoms with Gasteiger partial charge in [0.1, 0.15) is 17.3 Å². The minimum Gasteiger partial charge on any atom is -0.361 e. The predicted molar refractivity (Wildman–Crippen MR) is 67.8 cm³/mol. The number of aryl methyl sites for hydroxylation is 2. The van der Waals surface area contributed by atoms with E-state index in [1.54, 1.807) is 25.1 Å². The molecule has 1 aromatic heterocycles. The lowest BCUT2D eigenvalue weighted by molar-refractivity contribution is -0.121. The van der Waals surface area contributed by atoms with E-state index in [1.165, 1.54) is 12.1 Å². The molecule has 1 amide bonds. The van der Waals surface area contributed by atoms with Gasteiger partial charge in [-0.05, 0) is 31.0 Å². The molecule has 4 nitrogen and oxygen atoms in total. The quantitative estimate of drug-likeness (QED) is 0.900. The summed E-state index contributed by atoms with van der Waals surface area (Å²) in [5.41, 5.74) is 1.50. The fourth-order valence-corrected chi connectivity index (χ4v) is 1.73. The first-order chi connectivity index (χ1) is 9.13. The summed E-state index contributed by atoms with van der Waals surface area (Å²) in [6.07, 6.45) is 0.835. The lowest BCUT2D eigenvalue weighted by Crippen LogP contribution is -2.23. The van der Waals surface area contributed by atoms with Crippen LogP contribution in [0.5, 0.6) is 0 Å². The SMILES string of the molecule is Cc1cc(CNC(=O)CCc2cccc(F)c2)no1. The Bertz CT molecular complexity index is 566. The lowest BCUT2D eigenvalue weighted by Gasteiger charge is -2.03. The van der Waals surface area contributed by atoms with Gasteiger partial charge < -0.3 is 9.84 Å². The standard InChI is InChI=1S/C14H15FN2O2/c1-10-7-13(17-19-10)9-16-14(18)6-5-11-3-2-4-12(15)8-11/h2-4,7-8H,5-6,9H2,1H3,(H,16,18). The third-order valence-corrected chi connectivity index (χ3v) is 2.67. The van der Waals surface area contributed by atoms with Crippen LogP contribution < -0.4 is 5.32 Å². The van der Waals surface area contributed by atoms with Gasteiger partial charge >= 0.3 is 0 Å². The molecule has 0 saturated heterocycles. The molecule has 5 heteroatoms. The van der Waals surface area contributed by atoms with Crippen molar-refractivity contribution in [1.82, 2.24) is 10.5 Å². The largest absolute Gasteiger partial charge is 0.361 e. The number of nitrogens with one attached hydrogen (secondary N) is 1. The Hall–Kier alpha value is -2.17. The van der Waals surface area contributed by atoms with Crippen molar-refractivity contribution in [3.8, 4) is 0 Å². The molecule has 1 aromatic carbocycles. The molecule has 0 bridgehead atoms. The van der Waals surface area contributed by atoms with Gasteiger partial charge in [0.2, 0.25) is 5.91 Å². The second kappa shape index (κ2) is 6.13. The van der Waals surface area contributed by atoms with Gasteiger partial charge in [0, 0.05) is 12.5 Å². The fraction of sp³-hybridized carbons (Fsp3) is 0.286. The van der Waals surface area contributed by atoms with Gasteiger partial charge in [-0.3, -0.25) is 4.79 Å². The number of carbonyl (C=O) groups excluding carboxylic acids is 1. The minimum absolute atomic E-state index is 0.0927. The number of amides is 1. The van der Waals surface area contributed by atoms with E-state index in [4.69, 9.17) is 4.52 Å². The molecule has 1 heterocycles. The van der Waals surface area contributed by atoms with Crippen molar-refractivity contribution < 1.29 is 13.7 Å². The molecule has 0 aliphatic carbocycles. The van der Waals surface area contributed by atoms with E-state index in [9.17, 15) is 9.18 Å². The summed E-state index contributed by atoms with van der Waals surface area (Å²) in [6.45, 7) is 2.14. The number of aromatic nitrogens is 1. The van der Waals surface area contributed by atoms with Crippen molar-refractivity contribution in [3.63, 3.8) is 0 Å². The zero-order chi connectivity index (χ0) is 13.7. The van der Waals surface area contributed by atoms with E-state index in [2.05, 4.69) is 10.5 Å². The van der Waals surface area contributed by atoms with Gasteiger partial charge in [-0.25, -0.2) is 4.39 Å². The van der Waals surface area contributed by atoms with Crippen LogP contribution in [0.15, 0.2) is 34.9 Å². The molecule has 2 rings (SSSR count). The van der Waals surface area contributed by atoms with Crippen molar-refractivity contribution >= 4 is 5.91 Å². The Labute approximate surface area is 110 Å². The maximum atomic E-state index is 12.9. The summed E-state index contributed by atoms with van der Waals surface area (Å²) in [7, 11) is 0. The first-order valence-electron chi connectivity index (χ1n) is 6.07. The van der Waals surface area contributed by atoms with Gasteiger partial charge in [0.05, 0.1) is 6.54 Å². The molecule has 0 radical (unpaired) electrons. The van der Waals surface area contributed by atoms with Crippen LogP contribution in [-0.4, -0.2) is 11.1 Å². The third-order valence-electron chi connectivity index (χ3n) is 2.67. The number of rotatable bonds is 5. The number of hydrogen-bond donors (Lipinski definition) is 1. The maximum Gasteiger partial charge on any atom is 0.220 e. The molecule has 0 atom stereocenters. The number of nitrogens with zero attached hydrogens (tertiary/aromatic N) is 1. The maximum absolute atomic E-state index is 12.9. The summed E-state index contributed by atoms with van der Waals surface area (Å²) >= 11 is 0. The van der Waals surface area contributed by atoms with E-state index >= 15 is 0 Å². The Kier molecular flexibility index (Phi) is 4.28. The minimum atomic E-state index is -0.281. The molecule has 100 valence electrons. The Morgan fingerprint density at radius 2 is 2.26 bits per heavy atom. The van der Waals surface area contributed by atoms with Gasteiger partial charge in [0.25, 0.3) is 0 Å². The highest BCUT2D eigenvalue weighted by atomic mass is 19.1. The van der Waals surface area contributed by atoms with Crippen molar-refractivity contribution in [2.45, 2.75) is 26.3 Å². The van der Waals surface area contributed by atoms with Gasteiger partial charge in [-0.2, -0.15) is 0 Å². The molecule has 0 aliphatic heterocycles. The second-order valence-corrected chi connectivity index (χ2v) is 4.34. The zero-order valence-electron chi connectivity index (χ0n) is 10.6. The Balaban J connectivity index is 1.75. The van der Waals surface area contributed by atoms with Crippen molar-refractivity contribution in [3.05, 3.63) is 53.2 Å². The van der Waals surface area contributed by atoms with E-state index in [0.717, 1.165) is 5.56 Å². The average Bonchev–Trinajstić information content (AvgIpc) is 2.80. The van der Waals surface area contributed by atoms with Crippen LogP contribution in [-0.2, 0) is 17.8 Å². The van der Waals surface area contributed by atoms with Crippen LogP contribution in [0.1, 0.15) is 23.4 Å². The van der Waals surface area contributed by atoms with Crippen LogP contribution >= 0.6 is 0 Å². The molecule has 0 aliphatic rings. The number of hydrogen-bond acceptors (Lipinski definition) is 3. The number of halogens is 1. The molecule has 19 heavy (non-hydrogen) atoms. The van der Waals surface area contributed by atoms with E-state index in [0.29, 0.717) is 30.8 Å². The highest BCUT2D eigenvalue weighted by Gasteiger charge is 2.05. The summed E-state index contributed by atoms with van der Waals surface area (Å²) in [5, 5.41) is 6.52. The average molecular weight is 262 g/mol. The molecule has 0 spiro atoms. The number of benzene rings is 1. The zero-order valence-corrected chi connectivity index (χ0v) is 10.6. The van der Waals surface area contributed by atoms with E-state index in [1.807, 2.05) is 0 Å². The van der Waals surface area contributed by atoms with Gasteiger partial charge in [-0.15, -0.1) is 0 Å². The summed E-state index contributed by atoms with van der Waals surface area (Å²) in [4.78, 5) is 11.6. The van der Waals surface area contributed by atoms with E-state index in [-0.39, 0.29) is 11.7 Å². The molecular formula is C14H15FN2O2. The predicted octanol–water partition coefficient (Wildman–Crippen LogP) is 2.37. The molecule has 0 unspecified atom stereocenters. The molecule has 1 N–H and O–H groups in total. The molecule has 0 saturated carbocycles. The highest BCUT2D eigenvalue weighted by Crippen LogP contribution is 2.06. The van der Waals surface area contributed by atoms with Crippen LogP contribution in [0, 0.1) is 12.7 Å². The summed E-state index contributed by atoms with van der Waals surface area (Å²) in [5.74, 6) is 0.338. The Morgan fingerprint density at radius 3 is 2.95 bits per heavy atom. The van der Waals surface area contributed by atoms with E-state index < -0.39 is 0 Å². The van der Waals surface area contributed by atoms with Crippen molar-refractivity contribution in [1.29, 1.82) is 0 Å². The topological polar surface area (TPSA) is 55.1 Å². The van der Waals surface area contributed by atoms with Gasteiger partial charge in [-0.1, -0.05) is 17.3 Å².